The molecule has 1 aromatic heterocycles. The summed E-state index contributed by atoms with van der Waals surface area (Å²) >= 11 is 7.56. The minimum absolute atomic E-state index is 0.503. The van der Waals surface area contributed by atoms with Crippen molar-refractivity contribution >= 4 is 29.2 Å². The third kappa shape index (κ3) is 1.72. The van der Waals surface area contributed by atoms with Crippen LogP contribution in [-0.2, 0) is 0 Å². The van der Waals surface area contributed by atoms with Crippen LogP contribution in [0.5, 0.6) is 0 Å². The number of hydrogen-bond donors (Lipinski definition) is 0. The summed E-state index contributed by atoms with van der Waals surface area (Å²) in [7, 11) is 0. The number of benzene rings is 1. The summed E-state index contributed by atoms with van der Waals surface area (Å²) < 4.78 is 0. The highest BCUT2D eigenvalue weighted by Gasteiger charge is 2.02. The minimum atomic E-state index is 0.503. The van der Waals surface area contributed by atoms with E-state index in [1.807, 2.05) is 29.0 Å². The van der Waals surface area contributed by atoms with Crippen LogP contribution in [0, 0.1) is 0 Å². The van der Waals surface area contributed by atoms with E-state index in [9.17, 15) is 4.79 Å². The highest BCUT2D eigenvalue weighted by atomic mass is 35.5. The van der Waals surface area contributed by atoms with E-state index in [4.69, 9.17) is 11.6 Å². The van der Waals surface area contributed by atoms with E-state index in [1.165, 1.54) is 0 Å². The molecule has 0 saturated carbocycles. The number of rotatable bonds is 2. The molecule has 0 saturated heterocycles. The second-order valence-corrected chi connectivity index (χ2v) is 4.05. The quantitative estimate of drug-likeness (QED) is 0.705. The van der Waals surface area contributed by atoms with Crippen LogP contribution < -0.4 is 0 Å². The van der Waals surface area contributed by atoms with Gasteiger partial charge in [-0.1, -0.05) is 17.7 Å². The molecule has 0 N–H and O–H groups in total. The monoisotopic (exact) mass is 222 g/mol. The first-order chi connectivity index (χ1) is 6.81. The molecule has 2 rings (SSSR count). The van der Waals surface area contributed by atoms with Gasteiger partial charge in [-0.15, -0.1) is 0 Å². The van der Waals surface area contributed by atoms with E-state index in [-0.39, 0.29) is 0 Å². The third-order valence-corrected chi connectivity index (χ3v) is 2.99. The molecule has 0 atom stereocenters. The lowest BCUT2D eigenvalue weighted by Gasteiger charge is -2.00. The molecule has 1 aromatic carbocycles. The lowest BCUT2D eigenvalue weighted by Crippen LogP contribution is -1.82. The summed E-state index contributed by atoms with van der Waals surface area (Å²) in [6, 6.07) is 7.48. The SMILES string of the molecule is O=Cc1ccc(-c2ccsc2)cc1Cl. The highest BCUT2D eigenvalue weighted by molar-refractivity contribution is 7.08. The molecule has 0 aliphatic heterocycles. The zero-order valence-corrected chi connectivity index (χ0v) is 8.81. The summed E-state index contributed by atoms with van der Waals surface area (Å²) in [5.74, 6) is 0. The van der Waals surface area contributed by atoms with Gasteiger partial charge >= 0.3 is 0 Å². The molecular weight excluding hydrogens is 216 g/mol. The number of aldehydes is 1. The van der Waals surface area contributed by atoms with E-state index < -0.39 is 0 Å². The Bertz CT molecular complexity index is 448. The summed E-state index contributed by atoms with van der Waals surface area (Å²) in [5, 5.41) is 4.56. The van der Waals surface area contributed by atoms with Gasteiger partial charge in [0, 0.05) is 5.56 Å². The minimum Gasteiger partial charge on any atom is -0.298 e. The smallest absolute Gasteiger partial charge is 0.151 e. The van der Waals surface area contributed by atoms with Gasteiger partial charge in [0.2, 0.25) is 0 Å². The van der Waals surface area contributed by atoms with Gasteiger partial charge < -0.3 is 0 Å². The van der Waals surface area contributed by atoms with Gasteiger partial charge in [-0.25, -0.2) is 0 Å². The van der Waals surface area contributed by atoms with Crippen LogP contribution in [0.1, 0.15) is 10.4 Å². The van der Waals surface area contributed by atoms with Crippen molar-refractivity contribution < 1.29 is 4.79 Å². The van der Waals surface area contributed by atoms with Crippen LogP contribution in [-0.4, -0.2) is 6.29 Å². The predicted molar refractivity (Wildman–Crippen MR) is 60.2 cm³/mol. The Hall–Kier alpha value is -1.12. The van der Waals surface area contributed by atoms with Gasteiger partial charge in [-0.2, -0.15) is 11.3 Å². The molecule has 0 aliphatic rings. The highest BCUT2D eigenvalue weighted by Crippen LogP contribution is 2.26. The number of carbonyl (C=O) groups is 1. The molecular formula is C11H7ClOS. The largest absolute Gasteiger partial charge is 0.298 e. The maximum atomic E-state index is 10.5. The zero-order chi connectivity index (χ0) is 9.97. The summed E-state index contributed by atoms with van der Waals surface area (Å²) in [6.45, 7) is 0. The first-order valence-corrected chi connectivity index (χ1v) is 5.40. The number of halogens is 1. The van der Waals surface area contributed by atoms with Gasteiger partial charge in [0.25, 0.3) is 0 Å². The van der Waals surface area contributed by atoms with Crippen molar-refractivity contribution in [2.45, 2.75) is 0 Å². The van der Waals surface area contributed by atoms with Crippen LogP contribution in [0.25, 0.3) is 11.1 Å². The van der Waals surface area contributed by atoms with Gasteiger partial charge in [0.1, 0.15) is 0 Å². The molecule has 3 heteroatoms. The molecule has 0 fully saturated rings. The maximum absolute atomic E-state index is 10.5. The van der Waals surface area contributed by atoms with Crippen molar-refractivity contribution in [3.63, 3.8) is 0 Å². The normalized spacial score (nSPS) is 10.1. The summed E-state index contributed by atoms with van der Waals surface area (Å²) in [4.78, 5) is 10.5. The topological polar surface area (TPSA) is 17.1 Å². The van der Waals surface area contributed by atoms with Gasteiger partial charge in [-0.05, 0) is 40.1 Å². The van der Waals surface area contributed by atoms with Crippen molar-refractivity contribution in [1.29, 1.82) is 0 Å². The fourth-order valence-corrected chi connectivity index (χ4v) is 2.12. The standard InChI is InChI=1S/C11H7ClOS/c12-11-5-8(1-2-9(11)6-13)10-3-4-14-7-10/h1-7H. The number of thiophene rings is 1. The maximum Gasteiger partial charge on any atom is 0.151 e. The molecule has 14 heavy (non-hydrogen) atoms. The van der Waals surface area contributed by atoms with Crippen LogP contribution >= 0.6 is 22.9 Å². The Morgan fingerprint density at radius 2 is 2.07 bits per heavy atom. The lowest BCUT2D eigenvalue weighted by molar-refractivity contribution is 0.112. The van der Waals surface area contributed by atoms with Gasteiger partial charge in [0.05, 0.1) is 5.02 Å². The van der Waals surface area contributed by atoms with E-state index >= 15 is 0 Å². The molecule has 0 bridgehead atoms. The van der Waals surface area contributed by atoms with Crippen LogP contribution in [0.4, 0.5) is 0 Å². The fraction of sp³-hybridized carbons (Fsp3) is 0. The molecule has 70 valence electrons. The molecule has 2 aromatic rings. The molecule has 1 nitrogen and oxygen atoms in total. The first-order valence-electron chi connectivity index (χ1n) is 4.08. The van der Waals surface area contributed by atoms with Crippen molar-refractivity contribution in [3.05, 3.63) is 45.6 Å². The Labute approximate surface area is 91.0 Å². The molecule has 1 heterocycles. The van der Waals surface area contributed by atoms with E-state index in [0.29, 0.717) is 10.6 Å². The van der Waals surface area contributed by atoms with E-state index in [2.05, 4.69) is 0 Å². The van der Waals surface area contributed by atoms with Crippen LogP contribution in [0.3, 0.4) is 0 Å². The second-order valence-electron chi connectivity index (χ2n) is 2.87. The Morgan fingerprint density at radius 3 is 2.64 bits per heavy atom. The molecule has 0 amide bonds. The Kier molecular flexibility index (Phi) is 2.66. The summed E-state index contributed by atoms with van der Waals surface area (Å²) in [6.07, 6.45) is 0.764. The first kappa shape index (κ1) is 9.44. The van der Waals surface area contributed by atoms with E-state index in [1.54, 1.807) is 17.4 Å². The average Bonchev–Trinajstić information content (AvgIpc) is 2.70. The number of carbonyl (C=O) groups excluding carboxylic acids is 1. The predicted octanol–water partition coefficient (Wildman–Crippen LogP) is 3.88. The third-order valence-electron chi connectivity index (χ3n) is 1.98. The van der Waals surface area contributed by atoms with Crippen LogP contribution in [0.2, 0.25) is 5.02 Å². The zero-order valence-electron chi connectivity index (χ0n) is 7.24. The average molecular weight is 223 g/mol. The molecule has 0 unspecified atom stereocenters. The van der Waals surface area contributed by atoms with Crippen molar-refractivity contribution in [1.82, 2.24) is 0 Å². The fourth-order valence-electron chi connectivity index (χ4n) is 1.23. The number of hydrogen-bond acceptors (Lipinski definition) is 2. The van der Waals surface area contributed by atoms with Crippen molar-refractivity contribution in [2.24, 2.45) is 0 Å². The van der Waals surface area contributed by atoms with Gasteiger partial charge in [-0.3, -0.25) is 4.79 Å². The lowest BCUT2D eigenvalue weighted by atomic mass is 10.1. The van der Waals surface area contributed by atoms with Crippen molar-refractivity contribution in [2.75, 3.05) is 0 Å². The second kappa shape index (κ2) is 3.95. The molecule has 0 aliphatic carbocycles. The van der Waals surface area contributed by atoms with Gasteiger partial charge in [0.15, 0.2) is 6.29 Å². The van der Waals surface area contributed by atoms with E-state index in [0.717, 1.165) is 17.4 Å². The summed E-state index contributed by atoms with van der Waals surface area (Å²) in [5.41, 5.74) is 2.71. The van der Waals surface area contributed by atoms with Crippen molar-refractivity contribution in [3.8, 4) is 11.1 Å². The molecule has 0 spiro atoms. The Morgan fingerprint density at radius 1 is 1.21 bits per heavy atom. The Balaban J connectivity index is 2.48. The van der Waals surface area contributed by atoms with Crippen LogP contribution in [0.15, 0.2) is 35.0 Å². The molecule has 0 radical (unpaired) electrons.